The molecule has 1 N–H and O–H groups in total. The molecule has 0 fully saturated rings. The van der Waals surface area contributed by atoms with Crippen molar-refractivity contribution < 1.29 is 9.32 Å². The monoisotopic (exact) mass is 378 g/mol. The summed E-state index contributed by atoms with van der Waals surface area (Å²) in [6, 6.07) is 27.1. The van der Waals surface area contributed by atoms with Gasteiger partial charge in [-0.05, 0) is 39.9 Å². The number of hydrogen-bond donors (Lipinski definition) is 1. The van der Waals surface area contributed by atoms with E-state index >= 15 is 0 Å². The highest BCUT2D eigenvalue weighted by molar-refractivity contribution is 7.85. The Morgan fingerprint density at radius 1 is 0.846 bits per heavy atom. The molecule has 130 valence electrons. The Morgan fingerprint density at radius 2 is 1.58 bits per heavy atom. The zero-order valence-electron chi connectivity index (χ0n) is 14.0. The molecule has 0 spiro atoms. The first-order chi connectivity index (χ1) is 12.7. The summed E-state index contributed by atoms with van der Waals surface area (Å²) in [5.74, 6) is 0.121. The van der Waals surface area contributed by atoms with Crippen molar-refractivity contribution in [1.29, 1.82) is 0 Å². The van der Waals surface area contributed by atoms with E-state index in [4.69, 9.17) is 0 Å². The van der Waals surface area contributed by atoms with Gasteiger partial charge in [-0.15, -0.1) is 11.3 Å². The lowest BCUT2D eigenvalue weighted by molar-refractivity contribution is 0.110. The molecule has 4 heteroatoms. The first-order valence-corrected chi connectivity index (χ1v) is 10.6. The molecule has 26 heavy (non-hydrogen) atoms. The summed E-state index contributed by atoms with van der Waals surface area (Å²) in [5.41, 5.74) is -0.511. The van der Waals surface area contributed by atoms with Gasteiger partial charge in [0.1, 0.15) is 5.60 Å². The Bertz CT molecular complexity index is 1040. The van der Waals surface area contributed by atoms with Gasteiger partial charge in [0, 0.05) is 9.77 Å². The average Bonchev–Trinajstić information content (AvgIpc) is 3.23. The molecule has 0 aliphatic heterocycles. The Balaban J connectivity index is 1.72. The first-order valence-electron chi connectivity index (χ1n) is 8.36. The van der Waals surface area contributed by atoms with Crippen LogP contribution in [0.1, 0.15) is 10.4 Å². The molecule has 0 saturated heterocycles. The van der Waals surface area contributed by atoms with Crippen molar-refractivity contribution in [2.45, 2.75) is 10.5 Å². The van der Waals surface area contributed by atoms with Gasteiger partial charge in [-0.25, -0.2) is 0 Å². The second kappa shape index (κ2) is 7.16. The number of benzene rings is 3. The number of rotatable bonds is 5. The molecule has 0 bridgehead atoms. The normalized spacial score (nSPS) is 14.8. The van der Waals surface area contributed by atoms with Crippen LogP contribution in [0.15, 0.2) is 95.2 Å². The van der Waals surface area contributed by atoms with Gasteiger partial charge in [-0.3, -0.25) is 4.21 Å². The molecule has 2 nitrogen and oxygen atoms in total. The first kappa shape index (κ1) is 17.2. The molecule has 3 aromatic carbocycles. The third kappa shape index (κ3) is 3.23. The summed E-state index contributed by atoms with van der Waals surface area (Å²) in [6.07, 6.45) is 0. The molecule has 2 atom stereocenters. The van der Waals surface area contributed by atoms with E-state index in [9.17, 15) is 9.32 Å². The third-order valence-corrected chi connectivity index (χ3v) is 6.98. The van der Waals surface area contributed by atoms with Crippen molar-refractivity contribution >= 4 is 32.9 Å². The maximum atomic E-state index is 13.1. The predicted molar refractivity (Wildman–Crippen MR) is 109 cm³/mol. The summed E-state index contributed by atoms with van der Waals surface area (Å²) in [4.78, 5) is 1.53. The van der Waals surface area contributed by atoms with Crippen LogP contribution in [0.25, 0.3) is 10.8 Å². The van der Waals surface area contributed by atoms with Crippen molar-refractivity contribution in [3.63, 3.8) is 0 Å². The van der Waals surface area contributed by atoms with Gasteiger partial charge in [0.25, 0.3) is 0 Å². The zero-order chi connectivity index (χ0) is 18.0. The lowest BCUT2D eigenvalue weighted by Crippen LogP contribution is -2.33. The fourth-order valence-electron chi connectivity index (χ4n) is 3.11. The van der Waals surface area contributed by atoms with Crippen LogP contribution in [-0.2, 0) is 16.4 Å². The molecule has 0 aliphatic rings. The van der Waals surface area contributed by atoms with Crippen LogP contribution in [-0.4, -0.2) is 15.1 Å². The van der Waals surface area contributed by atoms with Gasteiger partial charge in [0.15, 0.2) is 0 Å². The van der Waals surface area contributed by atoms with E-state index in [1.54, 1.807) is 0 Å². The van der Waals surface area contributed by atoms with E-state index in [0.29, 0.717) is 0 Å². The number of thiophene rings is 1. The molecule has 1 aromatic heterocycles. The average molecular weight is 379 g/mol. The minimum Gasteiger partial charge on any atom is -0.379 e. The maximum absolute atomic E-state index is 13.1. The number of aliphatic hydroxyl groups is 1. The highest BCUT2D eigenvalue weighted by Crippen LogP contribution is 2.35. The molecule has 0 amide bonds. The van der Waals surface area contributed by atoms with Crippen LogP contribution in [0, 0.1) is 0 Å². The van der Waals surface area contributed by atoms with Crippen LogP contribution in [0.5, 0.6) is 0 Å². The lowest BCUT2D eigenvalue weighted by Gasteiger charge is -2.27. The molecule has 2 unspecified atom stereocenters. The molecule has 0 radical (unpaired) electrons. The van der Waals surface area contributed by atoms with Gasteiger partial charge in [-0.2, -0.15) is 0 Å². The van der Waals surface area contributed by atoms with E-state index in [0.717, 1.165) is 26.1 Å². The van der Waals surface area contributed by atoms with Crippen LogP contribution < -0.4 is 0 Å². The van der Waals surface area contributed by atoms with Crippen LogP contribution in [0.3, 0.4) is 0 Å². The van der Waals surface area contributed by atoms with Crippen molar-refractivity contribution in [2.75, 3.05) is 5.75 Å². The lowest BCUT2D eigenvalue weighted by atomic mass is 9.94. The molecular formula is C22H18O2S2. The predicted octanol–water partition coefficient (Wildman–Crippen LogP) is 4.95. The fraction of sp³-hybridized carbons (Fsp3) is 0.0909. The second-order valence-corrected chi connectivity index (χ2v) is 8.60. The van der Waals surface area contributed by atoms with Crippen molar-refractivity contribution in [2.24, 2.45) is 0 Å². The Morgan fingerprint density at radius 3 is 2.31 bits per heavy atom. The van der Waals surface area contributed by atoms with Crippen LogP contribution in [0.4, 0.5) is 0 Å². The SMILES string of the molecule is O=S(CC(O)(c1ccccc1)c1cccs1)c1ccc2ccccc2c1. The van der Waals surface area contributed by atoms with E-state index in [2.05, 4.69) is 0 Å². The maximum Gasteiger partial charge on any atom is 0.136 e. The fourth-order valence-corrected chi connectivity index (χ4v) is 5.39. The topological polar surface area (TPSA) is 37.3 Å². The van der Waals surface area contributed by atoms with Gasteiger partial charge >= 0.3 is 0 Å². The van der Waals surface area contributed by atoms with Gasteiger partial charge in [0.2, 0.25) is 0 Å². The molecule has 1 heterocycles. The standard InChI is InChI=1S/C22H18O2S2/c23-22(21-11-6-14-25-21,19-9-2-1-3-10-19)16-26(24)20-13-12-17-7-4-5-8-18(17)15-20/h1-15,23H,16H2. The van der Waals surface area contributed by atoms with E-state index in [1.807, 2.05) is 90.3 Å². The molecule has 0 saturated carbocycles. The Labute approximate surface area is 159 Å². The van der Waals surface area contributed by atoms with E-state index in [-0.39, 0.29) is 5.75 Å². The molecular weight excluding hydrogens is 360 g/mol. The molecule has 0 aliphatic carbocycles. The summed E-state index contributed by atoms with van der Waals surface area (Å²) in [5, 5.41) is 15.6. The Kier molecular flexibility index (Phi) is 4.72. The minimum atomic E-state index is -1.34. The van der Waals surface area contributed by atoms with Gasteiger partial charge in [-0.1, -0.05) is 66.7 Å². The van der Waals surface area contributed by atoms with Crippen LogP contribution in [0.2, 0.25) is 0 Å². The summed E-state index contributed by atoms with van der Waals surface area (Å²) < 4.78 is 13.1. The highest BCUT2D eigenvalue weighted by atomic mass is 32.2. The van der Waals surface area contributed by atoms with Crippen molar-refractivity contribution in [3.8, 4) is 0 Å². The second-order valence-electron chi connectivity index (χ2n) is 6.20. The smallest absolute Gasteiger partial charge is 0.136 e. The minimum absolute atomic E-state index is 0.121. The summed E-state index contributed by atoms with van der Waals surface area (Å²) in [7, 11) is -1.34. The van der Waals surface area contributed by atoms with E-state index in [1.165, 1.54) is 11.3 Å². The Hall–Kier alpha value is -2.27. The van der Waals surface area contributed by atoms with Gasteiger partial charge in [0.05, 0.1) is 16.6 Å². The zero-order valence-corrected chi connectivity index (χ0v) is 15.7. The van der Waals surface area contributed by atoms with Crippen molar-refractivity contribution in [1.82, 2.24) is 0 Å². The van der Waals surface area contributed by atoms with Gasteiger partial charge < -0.3 is 5.11 Å². The van der Waals surface area contributed by atoms with Crippen molar-refractivity contribution in [3.05, 3.63) is 101 Å². The summed E-state index contributed by atoms with van der Waals surface area (Å²) in [6.45, 7) is 0. The summed E-state index contributed by atoms with van der Waals surface area (Å²) >= 11 is 1.48. The number of hydrogen-bond acceptors (Lipinski definition) is 3. The highest BCUT2D eigenvalue weighted by Gasteiger charge is 2.35. The number of fused-ring (bicyclic) bond motifs is 1. The van der Waals surface area contributed by atoms with E-state index < -0.39 is 16.4 Å². The molecule has 4 aromatic rings. The third-order valence-electron chi connectivity index (χ3n) is 4.50. The molecule has 4 rings (SSSR count). The largest absolute Gasteiger partial charge is 0.379 e. The van der Waals surface area contributed by atoms with Crippen LogP contribution >= 0.6 is 11.3 Å². The quantitative estimate of drug-likeness (QED) is 0.534.